The number of nitrogens with zero attached hydrogens (tertiary/aromatic N) is 1. The average Bonchev–Trinajstić information content (AvgIpc) is 3.06. The summed E-state index contributed by atoms with van der Waals surface area (Å²) >= 11 is 5.46. The molecule has 1 aromatic carbocycles. The molecule has 2 aromatic rings. The SMILES string of the molecule is O=C(CCCl)NCCNC(=O)c1ccc(-n2cccc2)cc1. The van der Waals surface area contributed by atoms with Gasteiger partial charge in [-0.2, -0.15) is 0 Å². The van der Waals surface area contributed by atoms with Crippen LogP contribution in [0.2, 0.25) is 0 Å². The highest BCUT2D eigenvalue weighted by Crippen LogP contribution is 2.09. The second kappa shape index (κ2) is 8.24. The number of nitrogens with one attached hydrogen (secondary N) is 2. The third-order valence-corrected chi connectivity index (χ3v) is 3.28. The molecule has 0 unspecified atom stereocenters. The van der Waals surface area contributed by atoms with E-state index in [2.05, 4.69) is 10.6 Å². The van der Waals surface area contributed by atoms with Gasteiger partial charge in [0.05, 0.1) is 0 Å². The highest BCUT2D eigenvalue weighted by molar-refractivity contribution is 6.18. The molecule has 116 valence electrons. The first-order valence-corrected chi connectivity index (χ1v) is 7.58. The molecule has 6 heteroatoms. The van der Waals surface area contributed by atoms with Gasteiger partial charge in [-0.1, -0.05) is 0 Å². The van der Waals surface area contributed by atoms with Gasteiger partial charge in [-0.25, -0.2) is 0 Å². The van der Waals surface area contributed by atoms with E-state index in [1.54, 1.807) is 12.1 Å². The van der Waals surface area contributed by atoms with Crippen molar-refractivity contribution in [3.63, 3.8) is 0 Å². The van der Waals surface area contributed by atoms with Crippen LogP contribution in [0.1, 0.15) is 16.8 Å². The Balaban J connectivity index is 1.79. The largest absolute Gasteiger partial charge is 0.354 e. The van der Waals surface area contributed by atoms with Crippen LogP contribution in [0, 0.1) is 0 Å². The predicted octanol–water partition coefficient (Wildman–Crippen LogP) is 1.95. The zero-order valence-electron chi connectivity index (χ0n) is 12.1. The number of rotatable bonds is 7. The number of hydrogen-bond acceptors (Lipinski definition) is 2. The van der Waals surface area contributed by atoms with Crippen LogP contribution in [-0.2, 0) is 4.79 Å². The fourth-order valence-electron chi connectivity index (χ4n) is 1.95. The zero-order chi connectivity index (χ0) is 15.8. The van der Waals surface area contributed by atoms with Gasteiger partial charge in [-0.05, 0) is 36.4 Å². The molecule has 2 amide bonds. The summed E-state index contributed by atoms with van der Waals surface area (Å²) in [4.78, 5) is 23.2. The van der Waals surface area contributed by atoms with Gasteiger partial charge in [0.25, 0.3) is 5.91 Å². The molecule has 0 aliphatic rings. The first-order valence-electron chi connectivity index (χ1n) is 7.05. The van der Waals surface area contributed by atoms with E-state index in [0.717, 1.165) is 5.69 Å². The molecule has 0 aliphatic heterocycles. The van der Waals surface area contributed by atoms with E-state index >= 15 is 0 Å². The Bertz CT molecular complexity index is 609. The molecule has 0 aliphatic carbocycles. The Morgan fingerprint density at radius 2 is 1.64 bits per heavy atom. The van der Waals surface area contributed by atoms with Crippen molar-refractivity contribution in [2.45, 2.75) is 6.42 Å². The van der Waals surface area contributed by atoms with Gasteiger partial charge < -0.3 is 15.2 Å². The van der Waals surface area contributed by atoms with Crippen LogP contribution >= 0.6 is 11.6 Å². The standard InChI is InChI=1S/C16H18ClN3O2/c17-8-7-15(21)18-9-10-19-16(22)13-3-5-14(6-4-13)20-11-1-2-12-20/h1-6,11-12H,7-10H2,(H,18,21)(H,19,22). The molecular weight excluding hydrogens is 302 g/mol. The topological polar surface area (TPSA) is 63.1 Å². The molecule has 0 atom stereocenters. The summed E-state index contributed by atoms with van der Waals surface area (Å²) in [7, 11) is 0. The molecule has 0 radical (unpaired) electrons. The van der Waals surface area contributed by atoms with Crippen molar-refractivity contribution in [2.24, 2.45) is 0 Å². The van der Waals surface area contributed by atoms with Crippen LogP contribution in [0.15, 0.2) is 48.8 Å². The predicted molar refractivity (Wildman–Crippen MR) is 86.4 cm³/mol. The third kappa shape index (κ3) is 4.63. The summed E-state index contributed by atoms with van der Waals surface area (Å²) < 4.78 is 1.97. The van der Waals surface area contributed by atoms with E-state index < -0.39 is 0 Å². The number of carbonyl (C=O) groups is 2. The molecule has 1 aromatic heterocycles. The molecule has 0 bridgehead atoms. The van der Waals surface area contributed by atoms with Gasteiger partial charge in [-0.3, -0.25) is 9.59 Å². The third-order valence-electron chi connectivity index (χ3n) is 3.09. The Kier molecular flexibility index (Phi) is 6.03. The average molecular weight is 320 g/mol. The van der Waals surface area contributed by atoms with Crippen LogP contribution in [0.3, 0.4) is 0 Å². The number of aromatic nitrogens is 1. The summed E-state index contributed by atoms with van der Waals surface area (Å²) in [5.41, 5.74) is 1.58. The Morgan fingerprint density at radius 1 is 1.00 bits per heavy atom. The van der Waals surface area contributed by atoms with Crippen molar-refractivity contribution in [3.05, 3.63) is 54.4 Å². The maximum Gasteiger partial charge on any atom is 0.251 e. The molecular formula is C16H18ClN3O2. The van der Waals surface area contributed by atoms with Crippen LogP contribution in [0.4, 0.5) is 0 Å². The minimum Gasteiger partial charge on any atom is -0.354 e. The van der Waals surface area contributed by atoms with Crippen LogP contribution in [-0.4, -0.2) is 35.4 Å². The van der Waals surface area contributed by atoms with E-state index in [9.17, 15) is 9.59 Å². The molecule has 5 nitrogen and oxygen atoms in total. The first kappa shape index (κ1) is 16.1. The van der Waals surface area contributed by atoms with Gasteiger partial charge in [0, 0.05) is 49.0 Å². The number of carbonyl (C=O) groups excluding carboxylic acids is 2. The van der Waals surface area contributed by atoms with E-state index in [4.69, 9.17) is 11.6 Å². The lowest BCUT2D eigenvalue weighted by Gasteiger charge is -2.08. The second-order valence-corrected chi connectivity index (χ2v) is 5.06. The van der Waals surface area contributed by atoms with Crippen LogP contribution in [0.5, 0.6) is 0 Å². The highest BCUT2D eigenvalue weighted by Gasteiger charge is 2.05. The minimum atomic E-state index is -0.161. The van der Waals surface area contributed by atoms with E-state index in [-0.39, 0.29) is 18.2 Å². The number of hydrogen-bond donors (Lipinski definition) is 2. The first-order chi connectivity index (χ1) is 10.7. The number of alkyl halides is 1. The van der Waals surface area contributed by atoms with Gasteiger partial charge >= 0.3 is 0 Å². The van der Waals surface area contributed by atoms with E-state index in [0.29, 0.717) is 24.5 Å². The summed E-state index contributed by atoms with van der Waals surface area (Å²) in [5.74, 6) is 0.0253. The Hall–Kier alpha value is -2.27. The quantitative estimate of drug-likeness (QED) is 0.605. The van der Waals surface area contributed by atoms with Crippen molar-refractivity contribution >= 4 is 23.4 Å². The molecule has 0 fully saturated rings. The summed E-state index contributed by atoms with van der Waals surface area (Å²) in [5, 5.41) is 5.43. The number of amides is 2. The molecule has 0 spiro atoms. The lowest BCUT2D eigenvalue weighted by atomic mass is 10.2. The summed E-state index contributed by atoms with van der Waals surface area (Å²) in [6, 6.07) is 11.2. The van der Waals surface area contributed by atoms with Crippen LogP contribution < -0.4 is 10.6 Å². The van der Waals surface area contributed by atoms with Gasteiger partial charge in [-0.15, -0.1) is 11.6 Å². The Labute approximate surface area is 134 Å². The number of halogens is 1. The lowest BCUT2D eigenvalue weighted by Crippen LogP contribution is -2.34. The molecule has 1 heterocycles. The maximum absolute atomic E-state index is 12.0. The van der Waals surface area contributed by atoms with Crippen molar-refractivity contribution < 1.29 is 9.59 Å². The van der Waals surface area contributed by atoms with Gasteiger partial charge in [0.2, 0.25) is 5.91 Å². The van der Waals surface area contributed by atoms with Gasteiger partial charge in [0.15, 0.2) is 0 Å². The van der Waals surface area contributed by atoms with Crippen LogP contribution in [0.25, 0.3) is 5.69 Å². The second-order valence-electron chi connectivity index (χ2n) is 4.68. The fraction of sp³-hybridized carbons (Fsp3) is 0.250. The molecule has 2 rings (SSSR count). The summed E-state index contributed by atoms with van der Waals surface area (Å²) in [6.45, 7) is 0.773. The molecule has 2 N–H and O–H groups in total. The van der Waals surface area contributed by atoms with Crippen molar-refractivity contribution in [1.82, 2.24) is 15.2 Å². The van der Waals surface area contributed by atoms with E-state index in [1.807, 2.05) is 41.2 Å². The smallest absolute Gasteiger partial charge is 0.251 e. The lowest BCUT2D eigenvalue weighted by molar-refractivity contribution is -0.120. The molecule has 22 heavy (non-hydrogen) atoms. The van der Waals surface area contributed by atoms with E-state index in [1.165, 1.54) is 0 Å². The van der Waals surface area contributed by atoms with Crippen molar-refractivity contribution in [2.75, 3.05) is 19.0 Å². The minimum absolute atomic E-state index is 0.111. The molecule has 0 saturated carbocycles. The molecule has 0 saturated heterocycles. The van der Waals surface area contributed by atoms with Crippen molar-refractivity contribution in [1.29, 1.82) is 0 Å². The summed E-state index contributed by atoms with van der Waals surface area (Å²) in [6.07, 6.45) is 4.17. The van der Waals surface area contributed by atoms with Gasteiger partial charge in [0.1, 0.15) is 0 Å². The Morgan fingerprint density at radius 3 is 2.27 bits per heavy atom. The fourth-order valence-corrected chi connectivity index (χ4v) is 2.12. The van der Waals surface area contributed by atoms with Crippen molar-refractivity contribution in [3.8, 4) is 5.69 Å². The normalized spacial score (nSPS) is 10.2. The maximum atomic E-state index is 12.0. The highest BCUT2D eigenvalue weighted by atomic mass is 35.5. The number of benzene rings is 1. The monoisotopic (exact) mass is 319 g/mol. The zero-order valence-corrected chi connectivity index (χ0v) is 12.8.